The predicted octanol–water partition coefficient (Wildman–Crippen LogP) is 2.30. The number of halogens is 1. The SMILES string of the molecule is CCc1nn(CC)c(CN2CCCC(NC)C2)c1Cl. The molecule has 108 valence electrons. The van der Waals surface area contributed by atoms with Gasteiger partial charge in [-0.05, 0) is 39.8 Å². The summed E-state index contributed by atoms with van der Waals surface area (Å²) < 4.78 is 2.06. The Hall–Kier alpha value is -0.580. The van der Waals surface area contributed by atoms with Gasteiger partial charge in [-0.2, -0.15) is 5.10 Å². The predicted molar refractivity (Wildman–Crippen MR) is 79.6 cm³/mol. The summed E-state index contributed by atoms with van der Waals surface area (Å²) in [7, 11) is 2.05. The van der Waals surface area contributed by atoms with E-state index in [4.69, 9.17) is 11.6 Å². The summed E-state index contributed by atoms with van der Waals surface area (Å²) >= 11 is 6.47. The Morgan fingerprint density at radius 1 is 1.42 bits per heavy atom. The third-order valence-corrected chi connectivity index (χ3v) is 4.42. The summed E-state index contributed by atoms with van der Waals surface area (Å²) in [6.45, 7) is 8.29. The lowest BCUT2D eigenvalue weighted by molar-refractivity contribution is 0.183. The molecule has 1 aromatic heterocycles. The molecule has 1 aromatic rings. The molecule has 1 fully saturated rings. The number of aromatic nitrogens is 2. The highest BCUT2D eigenvalue weighted by molar-refractivity contribution is 6.31. The Morgan fingerprint density at radius 3 is 2.84 bits per heavy atom. The Labute approximate surface area is 121 Å². The molecule has 1 aliphatic heterocycles. The number of hydrogen-bond acceptors (Lipinski definition) is 3. The van der Waals surface area contributed by atoms with Gasteiger partial charge in [0.2, 0.25) is 0 Å². The molecule has 1 unspecified atom stereocenters. The van der Waals surface area contributed by atoms with Gasteiger partial charge in [0.05, 0.1) is 16.4 Å². The Morgan fingerprint density at radius 2 is 2.21 bits per heavy atom. The van der Waals surface area contributed by atoms with Crippen LogP contribution in [0.25, 0.3) is 0 Å². The third kappa shape index (κ3) is 3.30. The van der Waals surface area contributed by atoms with Gasteiger partial charge >= 0.3 is 0 Å². The van der Waals surface area contributed by atoms with E-state index in [9.17, 15) is 0 Å². The average molecular weight is 285 g/mol. The first-order valence-corrected chi connectivity index (χ1v) is 7.71. The van der Waals surface area contributed by atoms with Crippen LogP contribution in [-0.2, 0) is 19.5 Å². The van der Waals surface area contributed by atoms with Crippen molar-refractivity contribution in [3.63, 3.8) is 0 Å². The summed E-state index contributed by atoms with van der Waals surface area (Å²) in [6, 6.07) is 0.608. The van der Waals surface area contributed by atoms with Crippen LogP contribution in [0.4, 0.5) is 0 Å². The summed E-state index contributed by atoms with van der Waals surface area (Å²) in [5, 5.41) is 8.85. The minimum Gasteiger partial charge on any atom is -0.316 e. The van der Waals surface area contributed by atoms with E-state index in [0.717, 1.165) is 43.3 Å². The molecule has 0 saturated carbocycles. The molecule has 0 radical (unpaired) electrons. The molecule has 1 aliphatic rings. The van der Waals surface area contributed by atoms with Crippen LogP contribution in [0.15, 0.2) is 0 Å². The van der Waals surface area contributed by atoms with Crippen molar-refractivity contribution >= 4 is 11.6 Å². The quantitative estimate of drug-likeness (QED) is 0.901. The van der Waals surface area contributed by atoms with E-state index < -0.39 is 0 Å². The highest BCUT2D eigenvalue weighted by atomic mass is 35.5. The second-order valence-corrected chi connectivity index (χ2v) is 5.62. The number of hydrogen-bond donors (Lipinski definition) is 1. The van der Waals surface area contributed by atoms with Gasteiger partial charge in [-0.3, -0.25) is 9.58 Å². The van der Waals surface area contributed by atoms with Crippen molar-refractivity contribution in [1.82, 2.24) is 20.0 Å². The van der Waals surface area contributed by atoms with E-state index >= 15 is 0 Å². The lowest BCUT2D eigenvalue weighted by Gasteiger charge is -2.32. The van der Waals surface area contributed by atoms with Crippen LogP contribution >= 0.6 is 11.6 Å². The van der Waals surface area contributed by atoms with Crippen LogP contribution in [0.3, 0.4) is 0 Å². The lowest BCUT2D eigenvalue weighted by atomic mass is 10.1. The van der Waals surface area contributed by atoms with Gasteiger partial charge in [0.25, 0.3) is 0 Å². The number of piperidine rings is 1. The number of likely N-dealkylation sites (N-methyl/N-ethyl adjacent to an activating group) is 1. The Bertz CT molecular complexity index is 416. The van der Waals surface area contributed by atoms with Crippen molar-refractivity contribution in [3.8, 4) is 0 Å². The second-order valence-electron chi connectivity index (χ2n) is 5.24. The van der Waals surface area contributed by atoms with E-state index in [1.54, 1.807) is 0 Å². The largest absolute Gasteiger partial charge is 0.316 e. The molecule has 0 spiro atoms. The molecular weight excluding hydrogens is 260 g/mol. The van der Waals surface area contributed by atoms with Gasteiger partial charge in [-0.25, -0.2) is 0 Å². The minimum absolute atomic E-state index is 0.608. The zero-order valence-electron chi connectivity index (χ0n) is 12.2. The number of nitrogens with one attached hydrogen (secondary N) is 1. The standard InChI is InChI=1S/C14H25ClN4/c1-4-12-14(15)13(19(5-2)17-12)10-18-8-6-7-11(9-18)16-3/h11,16H,4-10H2,1-3H3. The van der Waals surface area contributed by atoms with Crippen LogP contribution in [0.5, 0.6) is 0 Å². The third-order valence-electron chi connectivity index (χ3n) is 3.98. The first-order chi connectivity index (χ1) is 9.19. The van der Waals surface area contributed by atoms with Gasteiger partial charge in [-0.1, -0.05) is 18.5 Å². The molecule has 1 saturated heterocycles. The van der Waals surface area contributed by atoms with E-state index in [2.05, 4.69) is 33.8 Å². The van der Waals surface area contributed by atoms with Crippen LogP contribution < -0.4 is 5.32 Å². The maximum absolute atomic E-state index is 6.47. The molecule has 2 heterocycles. The van der Waals surface area contributed by atoms with Gasteiger partial charge in [0, 0.05) is 25.7 Å². The lowest BCUT2D eigenvalue weighted by Crippen LogP contribution is -2.44. The monoisotopic (exact) mass is 284 g/mol. The van der Waals surface area contributed by atoms with Crippen molar-refractivity contribution < 1.29 is 0 Å². The first-order valence-electron chi connectivity index (χ1n) is 7.33. The van der Waals surface area contributed by atoms with Crippen molar-refractivity contribution in [2.24, 2.45) is 0 Å². The van der Waals surface area contributed by atoms with Crippen molar-refractivity contribution in [2.45, 2.75) is 52.2 Å². The van der Waals surface area contributed by atoms with E-state index in [-0.39, 0.29) is 0 Å². The molecule has 5 heteroatoms. The van der Waals surface area contributed by atoms with Gasteiger partial charge < -0.3 is 5.32 Å². The number of likely N-dealkylation sites (tertiary alicyclic amines) is 1. The summed E-state index contributed by atoms with van der Waals surface area (Å²) in [6.07, 6.45) is 3.43. The molecule has 0 aromatic carbocycles. The number of rotatable bonds is 5. The van der Waals surface area contributed by atoms with Crippen molar-refractivity contribution in [3.05, 3.63) is 16.4 Å². The molecule has 1 N–H and O–H groups in total. The van der Waals surface area contributed by atoms with Gasteiger partial charge in [0.15, 0.2) is 0 Å². The molecular formula is C14H25ClN4. The van der Waals surface area contributed by atoms with Gasteiger partial charge in [-0.15, -0.1) is 0 Å². The molecule has 2 rings (SSSR count). The fourth-order valence-corrected chi connectivity index (χ4v) is 3.14. The maximum Gasteiger partial charge on any atom is 0.0863 e. The molecule has 0 amide bonds. The highest BCUT2D eigenvalue weighted by Crippen LogP contribution is 2.24. The second kappa shape index (κ2) is 6.73. The van der Waals surface area contributed by atoms with Crippen molar-refractivity contribution in [1.29, 1.82) is 0 Å². The van der Waals surface area contributed by atoms with Crippen LogP contribution in [0, 0.1) is 0 Å². The zero-order valence-corrected chi connectivity index (χ0v) is 13.0. The fraction of sp³-hybridized carbons (Fsp3) is 0.786. The highest BCUT2D eigenvalue weighted by Gasteiger charge is 2.22. The fourth-order valence-electron chi connectivity index (χ4n) is 2.81. The smallest absolute Gasteiger partial charge is 0.0863 e. The number of aryl methyl sites for hydroxylation is 2. The normalized spacial score (nSPS) is 20.9. The molecule has 19 heavy (non-hydrogen) atoms. The molecule has 0 aliphatic carbocycles. The Balaban J connectivity index is 2.11. The summed E-state index contributed by atoms with van der Waals surface area (Å²) in [5.74, 6) is 0. The molecule has 4 nitrogen and oxygen atoms in total. The van der Waals surface area contributed by atoms with E-state index in [0.29, 0.717) is 6.04 Å². The summed E-state index contributed by atoms with van der Waals surface area (Å²) in [4.78, 5) is 2.49. The van der Waals surface area contributed by atoms with Gasteiger partial charge in [0.1, 0.15) is 0 Å². The first kappa shape index (κ1) is 14.8. The molecule has 1 atom stereocenters. The topological polar surface area (TPSA) is 33.1 Å². The maximum atomic E-state index is 6.47. The van der Waals surface area contributed by atoms with Crippen LogP contribution in [0.1, 0.15) is 38.1 Å². The average Bonchev–Trinajstić information content (AvgIpc) is 2.75. The number of nitrogens with zero attached hydrogens (tertiary/aromatic N) is 3. The van der Waals surface area contributed by atoms with E-state index in [1.807, 2.05) is 7.05 Å². The van der Waals surface area contributed by atoms with Crippen molar-refractivity contribution in [2.75, 3.05) is 20.1 Å². The minimum atomic E-state index is 0.608. The molecule has 0 bridgehead atoms. The summed E-state index contributed by atoms with van der Waals surface area (Å²) in [5.41, 5.74) is 2.21. The zero-order chi connectivity index (χ0) is 13.8. The van der Waals surface area contributed by atoms with E-state index in [1.165, 1.54) is 18.5 Å². The van der Waals surface area contributed by atoms with Crippen LogP contribution in [0.2, 0.25) is 5.02 Å². The van der Waals surface area contributed by atoms with Crippen LogP contribution in [-0.4, -0.2) is 40.9 Å². The Kier molecular flexibility index (Phi) is 5.25.